The Kier molecular flexibility index (Phi) is 4.55. The van der Waals surface area contributed by atoms with Crippen molar-refractivity contribution >= 4 is 27.5 Å². The van der Waals surface area contributed by atoms with Gasteiger partial charge in [-0.25, -0.2) is 8.78 Å². The third-order valence-corrected chi connectivity index (χ3v) is 3.66. The van der Waals surface area contributed by atoms with Gasteiger partial charge in [0.05, 0.1) is 10.5 Å². The molecule has 2 aromatic carbocycles. The first-order valence-corrected chi connectivity index (χ1v) is 6.77. The SMILES string of the molecule is CNC(c1cccc(Cl)c1)c1cc(F)c(Br)cc1F. The van der Waals surface area contributed by atoms with E-state index in [2.05, 4.69) is 21.2 Å². The minimum Gasteiger partial charge on any atom is -0.309 e. The van der Waals surface area contributed by atoms with Crippen molar-refractivity contribution in [1.29, 1.82) is 0 Å². The van der Waals surface area contributed by atoms with Gasteiger partial charge >= 0.3 is 0 Å². The Morgan fingerprint density at radius 1 is 1.16 bits per heavy atom. The number of benzene rings is 2. The molecule has 0 spiro atoms. The van der Waals surface area contributed by atoms with Crippen LogP contribution in [0, 0.1) is 11.6 Å². The van der Waals surface area contributed by atoms with Crippen LogP contribution in [0.1, 0.15) is 17.2 Å². The second kappa shape index (κ2) is 5.99. The molecule has 0 aliphatic rings. The van der Waals surface area contributed by atoms with E-state index in [4.69, 9.17) is 11.6 Å². The summed E-state index contributed by atoms with van der Waals surface area (Å²) in [7, 11) is 1.69. The largest absolute Gasteiger partial charge is 0.309 e. The Labute approximate surface area is 123 Å². The maximum absolute atomic E-state index is 14.0. The maximum Gasteiger partial charge on any atom is 0.137 e. The van der Waals surface area contributed by atoms with Gasteiger partial charge in [-0.15, -0.1) is 0 Å². The molecule has 19 heavy (non-hydrogen) atoms. The molecule has 100 valence electrons. The predicted molar refractivity (Wildman–Crippen MR) is 76.4 cm³/mol. The molecule has 0 saturated carbocycles. The molecular weight excluding hydrogens is 336 g/mol. The number of hydrogen-bond donors (Lipinski definition) is 1. The van der Waals surface area contributed by atoms with E-state index in [1.54, 1.807) is 25.2 Å². The summed E-state index contributed by atoms with van der Waals surface area (Å²) in [5.41, 5.74) is 1.01. The summed E-state index contributed by atoms with van der Waals surface area (Å²) < 4.78 is 27.7. The van der Waals surface area contributed by atoms with E-state index in [9.17, 15) is 8.78 Å². The highest BCUT2D eigenvalue weighted by atomic mass is 79.9. The van der Waals surface area contributed by atoms with Gasteiger partial charge in [-0.05, 0) is 52.8 Å². The van der Waals surface area contributed by atoms with Crippen molar-refractivity contribution < 1.29 is 8.78 Å². The first-order valence-electron chi connectivity index (χ1n) is 5.60. The monoisotopic (exact) mass is 345 g/mol. The molecule has 1 unspecified atom stereocenters. The van der Waals surface area contributed by atoms with Crippen LogP contribution >= 0.6 is 27.5 Å². The number of hydrogen-bond acceptors (Lipinski definition) is 1. The van der Waals surface area contributed by atoms with E-state index in [1.165, 1.54) is 6.07 Å². The van der Waals surface area contributed by atoms with Crippen LogP contribution in [-0.2, 0) is 0 Å². The van der Waals surface area contributed by atoms with Crippen molar-refractivity contribution in [3.8, 4) is 0 Å². The number of halogens is 4. The lowest BCUT2D eigenvalue weighted by Gasteiger charge is -2.18. The minimum atomic E-state index is -0.501. The van der Waals surface area contributed by atoms with E-state index in [-0.39, 0.29) is 10.0 Å². The molecule has 1 nitrogen and oxygen atoms in total. The second-order valence-electron chi connectivity index (χ2n) is 4.06. The Balaban J connectivity index is 2.51. The van der Waals surface area contributed by atoms with Gasteiger partial charge in [-0.1, -0.05) is 23.7 Å². The molecule has 0 aromatic heterocycles. The van der Waals surface area contributed by atoms with E-state index in [1.807, 2.05) is 6.07 Å². The van der Waals surface area contributed by atoms with Crippen LogP contribution in [0.15, 0.2) is 40.9 Å². The molecule has 0 saturated heterocycles. The van der Waals surface area contributed by atoms with Crippen LogP contribution < -0.4 is 5.32 Å². The summed E-state index contributed by atoms with van der Waals surface area (Å²) in [6, 6.07) is 8.89. The summed E-state index contributed by atoms with van der Waals surface area (Å²) in [5.74, 6) is -0.980. The molecule has 0 radical (unpaired) electrons. The lowest BCUT2D eigenvalue weighted by atomic mass is 9.98. The van der Waals surface area contributed by atoms with Crippen LogP contribution in [-0.4, -0.2) is 7.05 Å². The van der Waals surface area contributed by atoms with Crippen molar-refractivity contribution in [2.75, 3.05) is 7.05 Å². The van der Waals surface area contributed by atoms with Gasteiger partial charge in [-0.2, -0.15) is 0 Å². The zero-order chi connectivity index (χ0) is 14.0. The quantitative estimate of drug-likeness (QED) is 0.795. The molecule has 0 bridgehead atoms. The fraction of sp³-hybridized carbons (Fsp3) is 0.143. The average Bonchev–Trinajstić information content (AvgIpc) is 2.36. The molecule has 0 heterocycles. The van der Waals surface area contributed by atoms with Crippen molar-refractivity contribution in [2.45, 2.75) is 6.04 Å². The highest BCUT2D eigenvalue weighted by Gasteiger charge is 2.18. The standard InChI is InChI=1S/C14H11BrClF2N/c1-19-14(8-3-2-4-9(16)5-8)10-6-13(18)11(15)7-12(10)17/h2-7,14,19H,1H3. The van der Waals surface area contributed by atoms with Gasteiger partial charge in [0.25, 0.3) is 0 Å². The summed E-state index contributed by atoms with van der Waals surface area (Å²) >= 11 is 8.89. The van der Waals surface area contributed by atoms with Gasteiger partial charge in [0.1, 0.15) is 11.6 Å². The van der Waals surface area contributed by atoms with Crippen molar-refractivity contribution in [3.63, 3.8) is 0 Å². The molecule has 2 aromatic rings. The summed E-state index contributed by atoms with van der Waals surface area (Å²) in [5, 5.41) is 3.52. The topological polar surface area (TPSA) is 12.0 Å². The van der Waals surface area contributed by atoms with E-state index in [0.29, 0.717) is 5.02 Å². The van der Waals surface area contributed by atoms with Crippen LogP contribution in [0.5, 0.6) is 0 Å². The van der Waals surface area contributed by atoms with Crippen LogP contribution in [0.2, 0.25) is 5.02 Å². The summed E-state index contributed by atoms with van der Waals surface area (Å²) in [4.78, 5) is 0. The van der Waals surface area contributed by atoms with E-state index >= 15 is 0 Å². The molecule has 0 aliphatic heterocycles. The Morgan fingerprint density at radius 2 is 1.89 bits per heavy atom. The Hall–Kier alpha value is -0.970. The van der Waals surface area contributed by atoms with Crippen molar-refractivity contribution in [1.82, 2.24) is 5.32 Å². The van der Waals surface area contributed by atoms with Crippen molar-refractivity contribution in [3.05, 3.63) is 68.7 Å². The minimum absolute atomic E-state index is 0.106. The molecular formula is C14H11BrClF2N. The van der Waals surface area contributed by atoms with Gasteiger partial charge in [-0.3, -0.25) is 0 Å². The highest BCUT2D eigenvalue weighted by molar-refractivity contribution is 9.10. The van der Waals surface area contributed by atoms with Crippen LogP contribution in [0.4, 0.5) is 8.78 Å². The lowest BCUT2D eigenvalue weighted by molar-refractivity contribution is 0.555. The molecule has 0 amide bonds. The van der Waals surface area contributed by atoms with E-state index < -0.39 is 17.7 Å². The van der Waals surface area contributed by atoms with Gasteiger partial charge < -0.3 is 5.32 Å². The average molecular weight is 347 g/mol. The molecule has 0 fully saturated rings. The summed E-state index contributed by atoms with van der Waals surface area (Å²) in [6.07, 6.45) is 0. The highest BCUT2D eigenvalue weighted by Crippen LogP contribution is 2.29. The number of rotatable bonds is 3. The zero-order valence-electron chi connectivity index (χ0n) is 10.1. The third-order valence-electron chi connectivity index (χ3n) is 2.82. The third kappa shape index (κ3) is 3.14. The van der Waals surface area contributed by atoms with Gasteiger partial charge in [0.2, 0.25) is 0 Å². The second-order valence-corrected chi connectivity index (χ2v) is 5.36. The molecule has 2 rings (SSSR count). The number of nitrogens with one attached hydrogen (secondary N) is 1. The molecule has 5 heteroatoms. The fourth-order valence-electron chi connectivity index (χ4n) is 1.95. The predicted octanol–water partition coefficient (Wildman–Crippen LogP) is 4.69. The normalized spacial score (nSPS) is 12.5. The fourth-order valence-corrected chi connectivity index (χ4v) is 2.46. The van der Waals surface area contributed by atoms with Crippen LogP contribution in [0.25, 0.3) is 0 Å². The zero-order valence-corrected chi connectivity index (χ0v) is 12.4. The van der Waals surface area contributed by atoms with Gasteiger partial charge in [0, 0.05) is 10.6 Å². The van der Waals surface area contributed by atoms with E-state index in [0.717, 1.165) is 11.6 Å². The Morgan fingerprint density at radius 3 is 2.53 bits per heavy atom. The molecule has 1 atom stereocenters. The Bertz CT molecular complexity index is 604. The summed E-state index contributed by atoms with van der Waals surface area (Å²) in [6.45, 7) is 0. The molecule has 1 N–H and O–H groups in total. The first-order chi connectivity index (χ1) is 9.02. The van der Waals surface area contributed by atoms with Crippen LogP contribution in [0.3, 0.4) is 0 Å². The molecule has 0 aliphatic carbocycles. The smallest absolute Gasteiger partial charge is 0.137 e. The lowest BCUT2D eigenvalue weighted by Crippen LogP contribution is -2.19. The van der Waals surface area contributed by atoms with Crippen molar-refractivity contribution in [2.24, 2.45) is 0 Å². The first kappa shape index (κ1) is 14.4. The maximum atomic E-state index is 14.0. The van der Waals surface area contributed by atoms with Gasteiger partial charge in [0.15, 0.2) is 0 Å².